The Morgan fingerprint density at radius 1 is 1.47 bits per heavy atom. The normalized spacial score (nSPS) is 10.9. The lowest BCUT2D eigenvalue weighted by atomic mass is 10.4. The summed E-state index contributed by atoms with van der Waals surface area (Å²) in [5.41, 5.74) is 6.18. The molecule has 0 aromatic carbocycles. The van der Waals surface area contributed by atoms with Crippen molar-refractivity contribution < 1.29 is 4.74 Å². The van der Waals surface area contributed by atoms with Crippen LogP contribution in [0.1, 0.15) is 20.3 Å². The Hall–Kier alpha value is -1.29. The monoisotopic (exact) mass is 210 g/mol. The van der Waals surface area contributed by atoms with Gasteiger partial charge in [-0.25, -0.2) is 0 Å². The molecule has 1 rings (SSSR count). The first-order valence-electron chi connectivity index (χ1n) is 5.17. The van der Waals surface area contributed by atoms with E-state index < -0.39 is 0 Å². The molecule has 1 heterocycles. The van der Waals surface area contributed by atoms with E-state index in [0.29, 0.717) is 18.8 Å². The van der Waals surface area contributed by atoms with Gasteiger partial charge in [0.15, 0.2) is 0 Å². The molecule has 0 unspecified atom stereocenters. The summed E-state index contributed by atoms with van der Waals surface area (Å²) >= 11 is 0. The number of hydrogen-bond donors (Lipinski definition) is 1. The average Bonchev–Trinajstić information content (AvgIpc) is 2.17. The Labute approximate surface area is 89.7 Å². The first kappa shape index (κ1) is 11.8. The van der Waals surface area contributed by atoms with Crippen molar-refractivity contribution in [3.05, 3.63) is 28.7 Å². The van der Waals surface area contributed by atoms with Crippen LogP contribution < -0.4 is 11.3 Å². The number of rotatable bonds is 5. The van der Waals surface area contributed by atoms with Crippen LogP contribution in [0.4, 0.5) is 5.69 Å². The summed E-state index contributed by atoms with van der Waals surface area (Å²) in [6.45, 7) is 5.30. The highest BCUT2D eigenvalue weighted by Gasteiger charge is 1.97. The number of aryl methyl sites for hydroxylation is 1. The topological polar surface area (TPSA) is 57.2 Å². The third kappa shape index (κ3) is 4.16. The second-order valence-electron chi connectivity index (χ2n) is 3.77. The standard InChI is InChI=1S/C11H18N2O2/c1-9(2)15-7-3-6-13-8-10(12)4-5-11(13)14/h4-5,8-9H,3,6-7,12H2,1-2H3. The van der Waals surface area contributed by atoms with Gasteiger partial charge < -0.3 is 15.0 Å². The van der Waals surface area contributed by atoms with Crippen molar-refractivity contribution in [3.63, 3.8) is 0 Å². The van der Waals surface area contributed by atoms with Gasteiger partial charge in [0.05, 0.1) is 6.10 Å². The van der Waals surface area contributed by atoms with E-state index in [1.54, 1.807) is 16.8 Å². The van der Waals surface area contributed by atoms with Gasteiger partial charge in [0.25, 0.3) is 5.56 Å². The van der Waals surface area contributed by atoms with Crippen LogP contribution >= 0.6 is 0 Å². The molecule has 0 atom stereocenters. The Bertz CT molecular complexity index is 358. The fraction of sp³-hybridized carbons (Fsp3) is 0.545. The first-order chi connectivity index (χ1) is 7.09. The minimum Gasteiger partial charge on any atom is -0.398 e. The van der Waals surface area contributed by atoms with Gasteiger partial charge in [0.1, 0.15) is 0 Å². The van der Waals surface area contributed by atoms with Gasteiger partial charge in [-0.3, -0.25) is 4.79 Å². The number of nitrogen functional groups attached to an aromatic ring is 1. The van der Waals surface area contributed by atoms with Gasteiger partial charge in [0.2, 0.25) is 0 Å². The highest BCUT2D eigenvalue weighted by molar-refractivity contribution is 5.33. The van der Waals surface area contributed by atoms with E-state index in [4.69, 9.17) is 10.5 Å². The van der Waals surface area contributed by atoms with Gasteiger partial charge in [-0.05, 0) is 26.3 Å². The summed E-state index contributed by atoms with van der Waals surface area (Å²) in [4.78, 5) is 11.4. The van der Waals surface area contributed by atoms with E-state index in [1.807, 2.05) is 13.8 Å². The Kier molecular flexibility index (Phi) is 4.37. The SMILES string of the molecule is CC(C)OCCCn1cc(N)ccc1=O. The molecular formula is C11H18N2O2. The molecule has 1 aromatic heterocycles. The Morgan fingerprint density at radius 2 is 2.20 bits per heavy atom. The summed E-state index contributed by atoms with van der Waals surface area (Å²) in [7, 11) is 0. The van der Waals surface area contributed by atoms with Gasteiger partial charge in [-0.1, -0.05) is 0 Å². The van der Waals surface area contributed by atoms with Crippen LogP contribution in [0.2, 0.25) is 0 Å². The van der Waals surface area contributed by atoms with E-state index in [1.165, 1.54) is 6.07 Å². The largest absolute Gasteiger partial charge is 0.398 e. The predicted octanol–water partition coefficient (Wildman–Crippen LogP) is 1.25. The minimum atomic E-state index is -0.0197. The van der Waals surface area contributed by atoms with Gasteiger partial charge in [0, 0.05) is 31.1 Å². The lowest BCUT2D eigenvalue weighted by Gasteiger charge is -2.08. The molecule has 15 heavy (non-hydrogen) atoms. The molecule has 0 bridgehead atoms. The van der Waals surface area contributed by atoms with E-state index in [-0.39, 0.29) is 11.7 Å². The molecular weight excluding hydrogens is 192 g/mol. The quantitative estimate of drug-likeness (QED) is 0.744. The van der Waals surface area contributed by atoms with Crippen LogP contribution in [0.25, 0.3) is 0 Å². The van der Waals surface area contributed by atoms with Crippen LogP contribution in [0.3, 0.4) is 0 Å². The summed E-state index contributed by atoms with van der Waals surface area (Å²) in [5, 5.41) is 0. The molecule has 4 nitrogen and oxygen atoms in total. The number of nitrogens with zero attached hydrogens (tertiary/aromatic N) is 1. The molecule has 0 saturated carbocycles. The fourth-order valence-corrected chi connectivity index (χ4v) is 1.28. The maximum absolute atomic E-state index is 11.4. The highest BCUT2D eigenvalue weighted by atomic mass is 16.5. The maximum Gasteiger partial charge on any atom is 0.250 e. The highest BCUT2D eigenvalue weighted by Crippen LogP contribution is 1.98. The zero-order valence-corrected chi connectivity index (χ0v) is 9.27. The van der Waals surface area contributed by atoms with Crippen LogP contribution in [0.15, 0.2) is 23.1 Å². The molecule has 0 aliphatic heterocycles. The molecule has 0 radical (unpaired) electrons. The Morgan fingerprint density at radius 3 is 2.87 bits per heavy atom. The maximum atomic E-state index is 11.4. The number of anilines is 1. The summed E-state index contributed by atoms with van der Waals surface area (Å²) < 4.78 is 7.00. The van der Waals surface area contributed by atoms with Gasteiger partial charge in [-0.2, -0.15) is 0 Å². The molecule has 0 saturated heterocycles. The number of ether oxygens (including phenoxy) is 1. The van der Waals surface area contributed by atoms with Gasteiger partial charge in [-0.15, -0.1) is 0 Å². The molecule has 0 amide bonds. The zero-order valence-electron chi connectivity index (χ0n) is 9.27. The van der Waals surface area contributed by atoms with E-state index in [9.17, 15) is 4.79 Å². The second-order valence-corrected chi connectivity index (χ2v) is 3.77. The van der Waals surface area contributed by atoms with Crippen molar-refractivity contribution in [2.75, 3.05) is 12.3 Å². The van der Waals surface area contributed by atoms with Crippen molar-refractivity contribution in [2.24, 2.45) is 0 Å². The van der Waals surface area contributed by atoms with E-state index in [0.717, 1.165) is 6.42 Å². The first-order valence-corrected chi connectivity index (χ1v) is 5.17. The number of nitrogens with two attached hydrogens (primary N) is 1. The zero-order chi connectivity index (χ0) is 11.3. The molecule has 0 aliphatic rings. The summed E-state index contributed by atoms with van der Waals surface area (Å²) in [6, 6.07) is 3.10. The van der Waals surface area contributed by atoms with Crippen molar-refractivity contribution in [3.8, 4) is 0 Å². The number of aromatic nitrogens is 1. The molecule has 4 heteroatoms. The smallest absolute Gasteiger partial charge is 0.250 e. The lowest BCUT2D eigenvalue weighted by molar-refractivity contribution is 0.0747. The van der Waals surface area contributed by atoms with Crippen LogP contribution in [0.5, 0.6) is 0 Å². The predicted molar refractivity (Wildman–Crippen MR) is 60.8 cm³/mol. The van der Waals surface area contributed by atoms with Crippen LogP contribution in [0, 0.1) is 0 Å². The third-order valence-electron chi connectivity index (χ3n) is 2.00. The van der Waals surface area contributed by atoms with Crippen molar-refractivity contribution in [1.82, 2.24) is 4.57 Å². The van der Waals surface area contributed by atoms with Crippen LogP contribution in [-0.2, 0) is 11.3 Å². The van der Waals surface area contributed by atoms with E-state index >= 15 is 0 Å². The molecule has 1 aromatic rings. The summed E-state index contributed by atoms with van der Waals surface area (Å²) in [6.07, 6.45) is 2.72. The third-order valence-corrected chi connectivity index (χ3v) is 2.00. The minimum absolute atomic E-state index is 0.0197. The van der Waals surface area contributed by atoms with Crippen molar-refractivity contribution in [1.29, 1.82) is 0 Å². The Balaban J connectivity index is 2.43. The van der Waals surface area contributed by atoms with Crippen molar-refractivity contribution >= 4 is 5.69 Å². The molecule has 0 fully saturated rings. The number of hydrogen-bond acceptors (Lipinski definition) is 3. The fourth-order valence-electron chi connectivity index (χ4n) is 1.28. The van der Waals surface area contributed by atoms with Crippen LogP contribution in [-0.4, -0.2) is 17.3 Å². The van der Waals surface area contributed by atoms with Gasteiger partial charge >= 0.3 is 0 Å². The number of pyridine rings is 1. The van der Waals surface area contributed by atoms with E-state index in [2.05, 4.69) is 0 Å². The lowest BCUT2D eigenvalue weighted by Crippen LogP contribution is -2.20. The second kappa shape index (κ2) is 5.56. The molecule has 0 spiro atoms. The molecule has 0 aliphatic carbocycles. The molecule has 84 valence electrons. The summed E-state index contributed by atoms with van der Waals surface area (Å²) in [5.74, 6) is 0. The molecule has 2 N–H and O–H groups in total. The average molecular weight is 210 g/mol. The van der Waals surface area contributed by atoms with Crippen molar-refractivity contribution in [2.45, 2.75) is 32.9 Å².